The molecule has 1 rings (SSSR count). The van der Waals surface area contributed by atoms with Gasteiger partial charge in [0.1, 0.15) is 5.60 Å². The van der Waals surface area contributed by atoms with E-state index in [1.54, 1.807) is 40.8 Å². The molecule has 1 saturated heterocycles. The predicted molar refractivity (Wildman–Crippen MR) is 74.4 cm³/mol. The van der Waals surface area contributed by atoms with Crippen molar-refractivity contribution in [2.45, 2.75) is 45.4 Å². The molecule has 0 spiro atoms. The molecule has 0 aliphatic carbocycles. The van der Waals surface area contributed by atoms with Gasteiger partial charge in [0.2, 0.25) is 0 Å². The lowest BCUT2D eigenvalue weighted by atomic mass is 9.95. The molecule has 19 heavy (non-hydrogen) atoms. The molecule has 1 aliphatic heterocycles. The van der Waals surface area contributed by atoms with Gasteiger partial charge in [0, 0.05) is 31.8 Å². The molecule has 0 radical (unpaired) electrons. The van der Waals surface area contributed by atoms with Gasteiger partial charge in [-0.2, -0.15) is 0 Å². The highest BCUT2D eigenvalue weighted by Gasteiger charge is 2.43. The molecule has 1 aliphatic rings. The third-order valence-electron chi connectivity index (χ3n) is 2.97. The zero-order valence-electron chi connectivity index (χ0n) is 12.4. The third-order valence-corrected chi connectivity index (χ3v) is 2.97. The standard InChI is InChI=1S/C14H23FN2O2/c1-6-11(9-16-5)14(15)7-8-17(10-14)12(18)19-13(2,3)4/h6,9H,7-8,10H2,1-5H3/b11-6+,16-9?. The second-order valence-electron chi connectivity index (χ2n) is 5.75. The molecule has 0 aromatic heterocycles. The fraction of sp³-hybridized carbons (Fsp3) is 0.714. The van der Waals surface area contributed by atoms with Crippen molar-refractivity contribution < 1.29 is 13.9 Å². The van der Waals surface area contributed by atoms with Crippen LogP contribution in [0.15, 0.2) is 16.6 Å². The van der Waals surface area contributed by atoms with E-state index in [4.69, 9.17) is 4.74 Å². The van der Waals surface area contributed by atoms with E-state index in [0.717, 1.165) is 0 Å². The first-order valence-electron chi connectivity index (χ1n) is 6.47. The molecule has 0 bridgehead atoms. The van der Waals surface area contributed by atoms with E-state index in [1.165, 1.54) is 11.1 Å². The second kappa shape index (κ2) is 5.72. The zero-order valence-corrected chi connectivity index (χ0v) is 12.4. The Morgan fingerprint density at radius 3 is 2.58 bits per heavy atom. The number of hydrogen-bond acceptors (Lipinski definition) is 3. The third kappa shape index (κ3) is 4.04. The van der Waals surface area contributed by atoms with Gasteiger partial charge in [-0.05, 0) is 27.7 Å². The minimum Gasteiger partial charge on any atom is -0.444 e. The van der Waals surface area contributed by atoms with Gasteiger partial charge in [0.05, 0.1) is 6.54 Å². The number of halogens is 1. The SMILES string of the molecule is C/C=C(\C=NC)C1(F)CCN(C(=O)OC(C)(C)C)C1. The molecule has 1 heterocycles. The maximum atomic E-state index is 14.8. The summed E-state index contributed by atoms with van der Waals surface area (Å²) in [6, 6.07) is 0. The Balaban J connectivity index is 2.75. The van der Waals surface area contributed by atoms with Crippen molar-refractivity contribution in [1.29, 1.82) is 0 Å². The van der Waals surface area contributed by atoms with Crippen LogP contribution in [0, 0.1) is 0 Å². The molecule has 108 valence electrons. The van der Waals surface area contributed by atoms with E-state index < -0.39 is 17.4 Å². The summed E-state index contributed by atoms with van der Waals surface area (Å²) in [5.41, 5.74) is -1.57. The lowest BCUT2D eigenvalue weighted by Crippen LogP contribution is -2.38. The molecule has 5 heteroatoms. The van der Waals surface area contributed by atoms with Crippen LogP contribution in [0.3, 0.4) is 0 Å². The van der Waals surface area contributed by atoms with Crippen LogP contribution in [0.25, 0.3) is 0 Å². The molecular weight excluding hydrogens is 247 g/mol. The summed E-state index contributed by atoms with van der Waals surface area (Å²) >= 11 is 0. The van der Waals surface area contributed by atoms with Gasteiger partial charge >= 0.3 is 6.09 Å². The van der Waals surface area contributed by atoms with Crippen LogP contribution in [0.1, 0.15) is 34.1 Å². The highest BCUT2D eigenvalue weighted by molar-refractivity contribution is 5.82. The Morgan fingerprint density at radius 2 is 2.11 bits per heavy atom. The van der Waals surface area contributed by atoms with Crippen molar-refractivity contribution >= 4 is 12.3 Å². The van der Waals surface area contributed by atoms with E-state index in [9.17, 15) is 9.18 Å². The van der Waals surface area contributed by atoms with E-state index in [2.05, 4.69) is 4.99 Å². The van der Waals surface area contributed by atoms with Crippen LogP contribution < -0.4 is 0 Å². The summed E-state index contributed by atoms with van der Waals surface area (Å²) in [7, 11) is 1.60. The smallest absolute Gasteiger partial charge is 0.410 e. The lowest BCUT2D eigenvalue weighted by Gasteiger charge is -2.25. The maximum absolute atomic E-state index is 14.8. The van der Waals surface area contributed by atoms with Gasteiger partial charge < -0.3 is 9.64 Å². The summed E-state index contributed by atoms with van der Waals surface area (Å²) in [4.78, 5) is 17.2. The van der Waals surface area contributed by atoms with Gasteiger partial charge in [-0.3, -0.25) is 4.99 Å². The zero-order chi connectivity index (χ0) is 14.7. The normalized spacial score (nSPS) is 25.2. The van der Waals surface area contributed by atoms with Gasteiger partial charge in [0.15, 0.2) is 5.67 Å². The fourth-order valence-electron chi connectivity index (χ4n) is 2.08. The highest BCUT2D eigenvalue weighted by atomic mass is 19.1. The number of ether oxygens (including phenoxy) is 1. The Morgan fingerprint density at radius 1 is 1.47 bits per heavy atom. The fourth-order valence-corrected chi connectivity index (χ4v) is 2.08. The van der Waals surface area contributed by atoms with Crippen LogP contribution in [-0.4, -0.2) is 48.6 Å². The van der Waals surface area contributed by atoms with Crippen molar-refractivity contribution in [3.63, 3.8) is 0 Å². The molecule has 1 atom stereocenters. The number of rotatable bonds is 2. The molecule has 1 fully saturated rings. The molecule has 1 unspecified atom stereocenters. The molecule has 0 aromatic carbocycles. The number of likely N-dealkylation sites (tertiary alicyclic amines) is 1. The van der Waals surface area contributed by atoms with Crippen molar-refractivity contribution in [2.75, 3.05) is 20.1 Å². The Labute approximate surface area is 114 Å². The van der Waals surface area contributed by atoms with Crippen LogP contribution in [0.2, 0.25) is 0 Å². The van der Waals surface area contributed by atoms with E-state index in [-0.39, 0.29) is 13.0 Å². The first-order chi connectivity index (χ1) is 8.72. The Kier molecular flexibility index (Phi) is 4.71. The first kappa shape index (κ1) is 15.7. The van der Waals surface area contributed by atoms with Crippen LogP contribution in [-0.2, 0) is 4.74 Å². The minimum absolute atomic E-state index is 0.0214. The highest BCUT2D eigenvalue weighted by Crippen LogP contribution is 2.32. The summed E-state index contributed by atoms with van der Waals surface area (Å²) in [5, 5.41) is 0. The number of carbonyl (C=O) groups excluding carboxylic acids is 1. The van der Waals surface area contributed by atoms with Gasteiger partial charge in [-0.15, -0.1) is 0 Å². The quantitative estimate of drug-likeness (QED) is 0.724. The van der Waals surface area contributed by atoms with Crippen molar-refractivity contribution in [2.24, 2.45) is 4.99 Å². The maximum Gasteiger partial charge on any atom is 0.410 e. The van der Waals surface area contributed by atoms with Crippen molar-refractivity contribution in [3.05, 3.63) is 11.6 Å². The summed E-state index contributed by atoms with van der Waals surface area (Å²) in [6.07, 6.45) is 3.03. The Bertz CT molecular complexity index is 399. The second-order valence-corrected chi connectivity index (χ2v) is 5.75. The monoisotopic (exact) mass is 270 g/mol. The molecule has 0 N–H and O–H groups in total. The number of allylic oxidation sites excluding steroid dienone is 1. The number of amides is 1. The van der Waals surface area contributed by atoms with Crippen molar-refractivity contribution in [3.8, 4) is 0 Å². The largest absolute Gasteiger partial charge is 0.444 e. The summed E-state index contributed by atoms with van der Waals surface area (Å²) in [5.74, 6) is 0. The van der Waals surface area contributed by atoms with Crippen LogP contribution in [0.5, 0.6) is 0 Å². The number of nitrogens with zero attached hydrogens (tertiary/aromatic N) is 2. The van der Waals surface area contributed by atoms with Crippen LogP contribution >= 0.6 is 0 Å². The van der Waals surface area contributed by atoms with Gasteiger partial charge in [-0.25, -0.2) is 9.18 Å². The molecule has 0 aromatic rings. The molecule has 4 nitrogen and oxygen atoms in total. The number of alkyl halides is 1. The van der Waals surface area contributed by atoms with Crippen molar-refractivity contribution in [1.82, 2.24) is 4.90 Å². The number of carbonyl (C=O) groups is 1. The Hall–Kier alpha value is -1.39. The van der Waals surface area contributed by atoms with E-state index in [1.807, 2.05) is 0 Å². The first-order valence-corrected chi connectivity index (χ1v) is 6.47. The number of aliphatic imine (C=N–C) groups is 1. The van der Waals surface area contributed by atoms with E-state index >= 15 is 0 Å². The molecular formula is C14H23FN2O2. The van der Waals surface area contributed by atoms with Gasteiger partial charge in [0.25, 0.3) is 0 Å². The minimum atomic E-state index is -1.52. The summed E-state index contributed by atoms with van der Waals surface area (Å²) < 4.78 is 20.1. The number of hydrogen-bond donors (Lipinski definition) is 0. The average Bonchev–Trinajstić information content (AvgIpc) is 2.67. The topological polar surface area (TPSA) is 41.9 Å². The molecule has 0 saturated carbocycles. The van der Waals surface area contributed by atoms with E-state index in [0.29, 0.717) is 12.1 Å². The van der Waals surface area contributed by atoms with Gasteiger partial charge in [-0.1, -0.05) is 6.08 Å². The molecule has 1 amide bonds. The average molecular weight is 270 g/mol. The summed E-state index contributed by atoms with van der Waals surface area (Å²) in [6.45, 7) is 7.54. The lowest BCUT2D eigenvalue weighted by molar-refractivity contribution is 0.0271. The van der Waals surface area contributed by atoms with Crippen LogP contribution in [0.4, 0.5) is 9.18 Å². The predicted octanol–water partition coefficient (Wildman–Crippen LogP) is 2.98.